The van der Waals surface area contributed by atoms with E-state index in [2.05, 4.69) is 10.6 Å². The number of nitrogens with one attached hydrogen (secondary N) is 2. The van der Waals surface area contributed by atoms with E-state index in [9.17, 15) is 9.59 Å². The Hall–Kier alpha value is -2.53. The summed E-state index contributed by atoms with van der Waals surface area (Å²) in [4.78, 5) is 24.2. The van der Waals surface area contributed by atoms with Gasteiger partial charge in [0.15, 0.2) is 6.61 Å². The molecule has 1 aliphatic heterocycles. The second-order valence-electron chi connectivity index (χ2n) is 6.09. The molecule has 0 atom stereocenters. The van der Waals surface area contributed by atoms with Crippen LogP contribution in [0.5, 0.6) is 5.75 Å². The Morgan fingerprint density at radius 3 is 2.79 bits per heavy atom. The summed E-state index contributed by atoms with van der Waals surface area (Å²) < 4.78 is 5.32. The fourth-order valence-corrected chi connectivity index (χ4v) is 3.16. The molecule has 4 rings (SSSR count). The highest BCUT2D eigenvalue weighted by Crippen LogP contribution is 2.49. The number of anilines is 2. The zero-order valence-corrected chi connectivity index (χ0v) is 13.5. The molecule has 0 radical (unpaired) electrons. The van der Waals surface area contributed by atoms with E-state index in [4.69, 9.17) is 16.3 Å². The summed E-state index contributed by atoms with van der Waals surface area (Å²) in [6, 6.07) is 12.6. The van der Waals surface area contributed by atoms with Crippen molar-refractivity contribution >= 4 is 34.8 Å². The van der Waals surface area contributed by atoms with E-state index in [0.29, 0.717) is 22.1 Å². The van der Waals surface area contributed by atoms with Crippen LogP contribution in [0.25, 0.3) is 0 Å². The Morgan fingerprint density at radius 1 is 1.21 bits per heavy atom. The molecule has 0 saturated heterocycles. The van der Waals surface area contributed by atoms with E-state index < -0.39 is 5.41 Å². The lowest BCUT2D eigenvalue weighted by atomic mass is 9.95. The van der Waals surface area contributed by atoms with Gasteiger partial charge in [-0.3, -0.25) is 9.59 Å². The highest BCUT2D eigenvalue weighted by Gasteiger charge is 2.51. The number of amides is 2. The van der Waals surface area contributed by atoms with Crippen molar-refractivity contribution < 1.29 is 14.3 Å². The number of rotatable bonds is 3. The molecule has 24 heavy (non-hydrogen) atoms. The summed E-state index contributed by atoms with van der Waals surface area (Å²) in [5, 5.41) is 6.30. The molecule has 2 amide bonds. The summed E-state index contributed by atoms with van der Waals surface area (Å²) in [6.07, 6.45) is 1.59. The SMILES string of the molecule is O=C1COc2ccc(NC(=O)C3(c4cccc(Cl)c4)CC3)cc2N1. The minimum absolute atomic E-state index is 0.0105. The first-order valence-corrected chi connectivity index (χ1v) is 8.09. The first-order valence-electron chi connectivity index (χ1n) is 7.71. The van der Waals surface area contributed by atoms with Crippen molar-refractivity contribution in [3.8, 4) is 5.75 Å². The van der Waals surface area contributed by atoms with E-state index in [1.165, 1.54) is 0 Å². The zero-order valence-electron chi connectivity index (χ0n) is 12.8. The molecule has 0 spiro atoms. The molecular weight excluding hydrogens is 328 g/mol. The first-order chi connectivity index (χ1) is 11.6. The van der Waals surface area contributed by atoms with Gasteiger partial charge in [0.1, 0.15) is 5.75 Å². The lowest BCUT2D eigenvalue weighted by molar-refractivity contribution is -0.119. The fourth-order valence-electron chi connectivity index (χ4n) is 2.97. The Morgan fingerprint density at radius 2 is 2.04 bits per heavy atom. The topological polar surface area (TPSA) is 67.4 Å². The molecule has 2 aromatic carbocycles. The van der Waals surface area contributed by atoms with E-state index in [0.717, 1.165) is 18.4 Å². The maximum Gasteiger partial charge on any atom is 0.262 e. The summed E-state index contributed by atoms with van der Waals surface area (Å²) in [6.45, 7) is 0.0105. The van der Waals surface area contributed by atoms with Crippen molar-refractivity contribution in [3.63, 3.8) is 0 Å². The first kappa shape index (κ1) is 15.0. The second kappa shape index (κ2) is 5.53. The smallest absolute Gasteiger partial charge is 0.262 e. The van der Waals surface area contributed by atoms with E-state index in [1.807, 2.05) is 18.2 Å². The van der Waals surface area contributed by atoms with Crippen molar-refractivity contribution in [2.24, 2.45) is 0 Å². The third kappa shape index (κ3) is 2.61. The Balaban J connectivity index is 1.56. The van der Waals surface area contributed by atoms with Gasteiger partial charge >= 0.3 is 0 Å². The normalized spacial score (nSPS) is 17.3. The minimum atomic E-state index is -0.513. The van der Waals surface area contributed by atoms with E-state index in [1.54, 1.807) is 24.3 Å². The number of hydrogen-bond acceptors (Lipinski definition) is 3. The lowest BCUT2D eigenvalue weighted by Gasteiger charge is -2.20. The molecule has 1 fully saturated rings. The quantitative estimate of drug-likeness (QED) is 0.899. The molecule has 1 aliphatic carbocycles. The van der Waals surface area contributed by atoms with Gasteiger partial charge in [-0.2, -0.15) is 0 Å². The molecule has 2 N–H and O–H groups in total. The van der Waals surface area contributed by atoms with Crippen LogP contribution in [0.4, 0.5) is 11.4 Å². The van der Waals surface area contributed by atoms with Crippen molar-refractivity contribution in [2.75, 3.05) is 17.2 Å². The average Bonchev–Trinajstić information content (AvgIpc) is 3.36. The van der Waals surface area contributed by atoms with Gasteiger partial charge in [0, 0.05) is 10.7 Å². The van der Waals surface area contributed by atoms with Crippen LogP contribution in [0.1, 0.15) is 18.4 Å². The molecule has 1 heterocycles. The van der Waals surface area contributed by atoms with Crippen molar-refractivity contribution in [1.29, 1.82) is 0 Å². The Labute approximate surface area is 144 Å². The van der Waals surface area contributed by atoms with Crippen molar-refractivity contribution in [3.05, 3.63) is 53.1 Å². The summed E-state index contributed by atoms with van der Waals surface area (Å²) in [7, 11) is 0. The van der Waals surface area contributed by atoms with Gasteiger partial charge < -0.3 is 15.4 Å². The highest BCUT2D eigenvalue weighted by atomic mass is 35.5. The van der Waals surface area contributed by atoms with Crippen LogP contribution in [0.3, 0.4) is 0 Å². The molecule has 2 aliphatic rings. The van der Waals surface area contributed by atoms with Crippen LogP contribution in [0.15, 0.2) is 42.5 Å². The summed E-state index contributed by atoms with van der Waals surface area (Å²) >= 11 is 6.05. The van der Waals surface area contributed by atoms with Gasteiger partial charge in [0.05, 0.1) is 11.1 Å². The molecular formula is C18H15ClN2O3. The number of benzene rings is 2. The third-order valence-corrected chi connectivity index (χ3v) is 4.67. The lowest BCUT2D eigenvalue weighted by Crippen LogP contribution is -2.28. The highest BCUT2D eigenvalue weighted by molar-refractivity contribution is 6.30. The van der Waals surface area contributed by atoms with Crippen LogP contribution < -0.4 is 15.4 Å². The maximum absolute atomic E-state index is 12.8. The van der Waals surface area contributed by atoms with E-state index in [-0.39, 0.29) is 18.4 Å². The maximum atomic E-state index is 12.8. The average molecular weight is 343 g/mol. The molecule has 1 saturated carbocycles. The third-order valence-electron chi connectivity index (χ3n) is 4.43. The van der Waals surface area contributed by atoms with Gasteiger partial charge in [0.25, 0.3) is 5.91 Å². The van der Waals surface area contributed by atoms with Crippen molar-refractivity contribution in [2.45, 2.75) is 18.3 Å². The predicted molar refractivity (Wildman–Crippen MR) is 91.6 cm³/mol. The second-order valence-corrected chi connectivity index (χ2v) is 6.53. The summed E-state index contributed by atoms with van der Waals surface area (Å²) in [5.74, 6) is 0.333. The summed E-state index contributed by atoms with van der Waals surface area (Å²) in [5.41, 5.74) is 1.61. The number of carbonyl (C=O) groups excluding carboxylic acids is 2. The van der Waals surface area contributed by atoms with E-state index >= 15 is 0 Å². The van der Waals surface area contributed by atoms with Gasteiger partial charge in [-0.15, -0.1) is 0 Å². The number of halogens is 1. The van der Waals surface area contributed by atoms with Crippen molar-refractivity contribution in [1.82, 2.24) is 0 Å². The Kier molecular flexibility index (Phi) is 3.46. The number of fused-ring (bicyclic) bond motifs is 1. The molecule has 0 bridgehead atoms. The van der Waals surface area contributed by atoms with Gasteiger partial charge in [-0.1, -0.05) is 23.7 Å². The van der Waals surface area contributed by atoms with Crippen LogP contribution in [0, 0.1) is 0 Å². The molecule has 2 aromatic rings. The fraction of sp³-hybridized carbons (Fsp3) is 0.222. The largest absolute Gasteiger partial charge is 0.482 e. The van der Waals surface area contributed by atoms with Gasteiger partial charge in [0.2, 0.25) is 5.91 Å². The number of ether oxygens (including phenoxy) is 1. The van der Waals surface area contributed by atoms with Gasteiger partial charge in [-0.05, 0) is 48.7 Å². The minimum Gasteiger partial charge on any atom is -0.482 e. The molecule has 0 unspecified atom stereocenters. The molecule has 122 valence electrons. The number of hydrogen-bond donors (Lipinski definition) is 2. The molecule has 6 heteroatoms. The molecule has 5 nitrogen and oxygen atoms in total. The standard InChI is InChI=1S/C18H15ClN2O3/c19-12-3-1-2-11(8-12)18(6-7-18)17(23)20-13-4-5-15-14(9-13)21-16(22)10-24-15/h1-5,8-9H,6-7,10H2,(H,20,23)(H,21,22). The van der Waals surface area contributed by atoms with Crippen LogP contribution >= 0.6 is 11.6 Å². The van der Waals surface area contributed by atoms with Gasteiger partial charge in [-0.25, -0.2) is 0 Å². The monoisotopic (exact) mass is 342 g/mol. The zero-order chi connectivity index (χ0) is 16.7. The number of carbonyl (C=O) groups is 2. The van der Waals surface area contributed by atoms with Crippen LogP contribution in [-0.2, 0) is 15.0 Å². The van der Waals surface area contributed by atoms with Crippen LogP contribution in [-0.4, -0.2) is 18.4 Å². The predicted octanol–water partition coefficient (Wildman–Crippen LogP) is 3.34. The molecule has 0 aromatic heterocycles. The Bertz CT molecular complexity index is 846. The van der Waals surface area contributed by atoms with Crippen LogP contribution in [0.2, 0.25) is 5.02 Å².